The van der Waals surface area contributed by atoms with Crippen LogP contribution >= 0.6 is 11.8 Å². The van der Waals surface area contributed by atoms with Gasteiger partial charge in [0.15, 0.2) is 5.96 Å². The number of rotatable bonds is 6. The van der Waals surface area contributed by atoms with E-state index in [9.17, 15) is 0 Å². The van der Waals surface area contributed by atoms with E-state index in [0.29, 0.717) is 5.92 Å². The van der Waals surface area contributed by atoms with Crippen LogP contribution in [0.15, 0.2) is 34.2 Å². The average Bonchev–Trinajstić information content (AvgIpc) is 2.97. The molecular formula is C18H30N4S. The Morgan fingerprint density at radius 3 is 2.70 bits per heavy atom. The molecule has 1 unspecified atom stereocenters. The molecular weight excluding hydrogens is 304 g/mol. The molecule has 0 aromatic heterocycles. The third-order valence-corrected chi connectivity index (χ3v) is 5.01. The molecule has 5 heteroatoms. The lowest BCUT2D eigenvalue weighted by molar-refractivity contribution is 0.396. The molecule has 1 aromatic carbocycles. The average molecular weight is 335 g/mol. The summed E-state index contributed by atoms with van der Waals surface area (Å²) in [4.78, 5) is 10.8. The minimum absolute atomic E-state index is 0.697. The molecule has 128 valence electrons. The highest BCUT2D eigenvalue weighted by molar-refractivity contribution is 7.98. The molecule has 2 rings (SSSR count). The van der Waals surface area contributed by atoms with Crippen molar-refractivity contribution in [3.05, 3.63) is 29.8 Å². The summed E-state index contributed by atoms with van der Waals surface area (Å²) >= 11 is 1.78. The van der Waals surface area contributed by atoms with E-state index in [1.165, 1.54) is 30.0 Å². The van der Waals surface area contributed by atoms with Gasteiger partial charge in [-0.05, 0) is 56.8 Å². The molecule has 1 saturated heterocycles. The second-order valence-electron chi connectivity index (χ2n) is 6.32. The van der Waals surface area contributed by atoms with Gasteiger partial charge in [0.2, 0.25) is 0 Å². The normalized spacial score (nSPS) is 19.1. The molecule has 1 N–H and O–H groups in total. The predicted molar refractivity (Wildman–Crippen MR) is 101 cm³/mol. The molecule has 1 aliphatic rings. The van der Waals surface area contributed by atoms with Crippen LogP contribution in [-0.2, 0) is 6.54 Å². The van der Waals surface area contributed by atoms with Crippen LogP contribution in [0.3, 0.4) is 0 Å². The van der Waals surface area contributed by atoms with Crippen molar-refractivity contribution in [1.29, 1.82) is 0 Å². The molecule has 23 heavy (non-hydrogen) atoms. The van der Waals surface area contributed by atoms with Crippen LogP contribution in [0.4, 0.5) is 0 Å². The van der Waals surface area contributed by atoms with E-state index in [0.717, 1.165) is 25.6 Å². The summed E-state index contributed by atoms with van der Waals surface area (Å²) in [5, 5.41) is 3.42. The fourth-order valence-corrected chi connectivity index (χ4v) is 3.35. The molecule has 0 amide bonds. The molecule has 1 aromatic rings. The van der Waals surface area contributed by atoms with Gasteiger partial charge in [0.1, 0.15) is 0 Å². The van der Waals surface area contributed by atoms with Crippen LogP contribution in [0.5, 0.6) is 0 Å². The largest absolute Gasteiger partial charge is 0.357 e. The minimum Gasteiger partial charge on any atom is -0.357 e. The molecule has 0 radical (unpaired) electrons. The summed E-state index contributed by atoms with van der Waals surface area (Å²) in [5.41, 5.74) is 1.32. The number of nitrogens with one attached hydrogen (secondary N) is 1. The Morgan fingerprint density at radius 2 is 2.13 bits per heavy atom. The van der Waals surface area contributed by atoms with Crippen molar-refractivity contribution in [2.45, 2.75) is 24.8 Å². The molecule has 1 fully saturated rings. The van der Waals surface area contributed by atoms with Gasteiger partial charge in [-0.2, -0.15) is 0 Å². The van der Waals surface area contributed by atoms with E-state index in [2.05, 4.69) is 66.7 Å². The number of guanidine groups is 1. The van der Waals surface area contributed by atoms with Gasteiger partial charge in [-0.25, -0.2) is 0 Å². The fourth-order valence-electron chi connectivity index (χ4n) is 2.94. The van der Waals surface area contributed by atoms with Gasteiger partial charge in [0.25, 0.3) is 0 Å². The van der Waals surface area contributed by atoms with E-state index < -0.39 is 0 Å². The van der Waals surface area contributed by atoms with Crippen molar-refractivity contribution in [1.82, 2.24) is 15.1 Å². The summed E-state index contributed by atoms with van der Waals surface area (Å²) in [6.45, 7) is 7.20. The molecule has 4 nitrogen and oxygen atoms in total. The van der Waals surface area contributed by atoms with E-state index in [1.807, 2.05) is 0 Å². The first kappa shape index (κ1) is 18.1. The SMILES string of the molecule is CCNC(=NCC1CCN(C)C1)N(C)Cc1ccc(SC)cc1. The first-order valence-corrected chi connectivity index (χ1v) is 9.65. The molecule has 1 heterocycles. The minimum atomic E-state index is 0.697. The van der Waals surface area contributed by atoms with Crippen LogP contribution in [0.1, 0.15) is 18.9 Å². The molecule has 0 aliphatic carbocycles. The Kier molecular flexibility index (Phi) is 7.24. The standard InChI is InChI=1S/C18H30N4S/c1-5-19-18(20-12-16-10-11-21(2)13-16)22(3)14-15-6-8-17(23-4)9-7-15/h6-9,16H,5,10-14H2,1-4H3,(H,19,20). The van der Waals surface area contributed by atoms with E-state index in [1.54, 1.807) is 11.8 Å². The highest BCUT2D eigenvalue weighted by Crippen LogP contribution is 2.16. The van der Waals surface area contributed by atoms with Crippen molar-refractivity contribution in [3.8, 4) is 0 Å². The number of thioether (sulfide) groups is 1. The smallest absolute Gasteiger partial charge is 0.193 e. The van der Waals surface area contributed by atoms with Crippen LogP contribution < -0.4 is 5.32 Å². The zero-order valence-electron chi connectivity index (χ0n) is 14.9. The zero-order valence-corrected chi connectivity index (χ0v) is 15.7. The van der Waals surface area contributed by atoms with Gasteiger partial charge < -0.3 is 15.1 Å². The van der Waals surface area contributed by atoms with Gasteiger partial charge in [-0.15, -0.1) is 11.8 Å². The lowest BCUT2D eigenvalue weighted by Crippen LogP contribution is -2.38. The molecule has 1 aliphatic heterocycles. The van der Waals surface area contributed by atoms with Crippen molar-refractivity contribution in [2.75, 3.05) is 46.5 Å². The van der Waals surface area contributed by atoms with Crippen molar-refractivity contribution in [2.24, 2.45) is 10.9 Å². The van der Waals surface area contributed by atoms with Gasteiger partial charge in [0.05, 0.1) is 0 Å². The maximum Gasteiger partial charge on any atom is 0.193 e. The van der Waals surface area contributed by atoms with Gasteiger partial charge in [-0.3, -0.25) is 4.99 Å². The topological polar surface area (TPSA) is 30.9 Å². The van der Waals surface area contributed by atoms with E-state index in [-0.39, 0.29) is 0 Å². The number of hydrogen-bond acceptors (Lipinski definition) is 3. The molecule has 0 bridgehead atoms. The number of benzene rings is 1. The molecule has 0 saturated carbocycles. The maximum absolute atomic E-state index is 4.86. The lowest BCUT2D eigenvalue weighted by atomic mass is 10.1. The fraction of sp³-hybridized carbons (Fsp3) is 0.611. The molecule has 0 spiro atoms. The number of hydrogen-bond donors (Lipinski definition) is 1. The Labute approximate surface area is 145 Å². The van der Waals surface area contributed by atoms with Crippen molar-refractivity contribution in [3.63, 3.8) is 0 Å². The first-order valence-electron chi connectivity index (χ1n) is 8.43. The second-order valence-corrected chi connectivity index (χ2v) is 7.20. The maximum atomic E-state index is 4.86. The van der Waals surface area contributed by atoms with Crippen molar-refractivity contribution >= 4 is 17.7 Å². The molecule has 1 atom stereocenters. The van der Waals surface area contributed by atoms with Crippen LogP contribution in [0, 0.1) is 5.92 Å². The zero-order chi connectivity index (χ0) is 16.7. The summed E-state index contributed by atoms with van der Waals surface area (Å²) in [6, 6.07) is 8.79. The van der Waals surface area contributed by atoms with Crippen molar-refractivity contribution < 1.29 is 0 Å². The van der Waals surface area contributed by atoms with Gasteiger partial charge >= 0.3 is 0 Å². The third-order valence-electron chi connectivity index (χ3n) is 4.26. The van der Waals surface area contributed by atoms with Crippen LogP contribution in [0.25, 0.3) is 0 Å². The number of aliphatic imine (C=N–C) groups is 1. The monoisotopic (exact) mass is 334 g/mol. The predicted octanol–water partition coefficient (Wildman–Crippen LogP) is 2.76. The number of nitrogens with zero attached hydrogens (tertiary/aromatic N) is 3. The van der Waals surface area contributed by atoms with E-state index in [4.69, 9.17) is 4.99 Å². The summed E-state index contributed by atoms with van der Waals surface area (Å²) in [6.07, 6.45) is 3.37. The number of likely N-dealkylation sites (tertiary alicyclic amines) is 1. The van der Waals surface area contributed by atoms with Gasteiger partial charge in [-0.1, -0.05) is 12.1 Å². The third kappa shape index (κ3) is 5.74. The summed E-state index contributed by atoms with van der Waals surface area (Å²) < 4.78 is 0. The van der Waals surface area contributed by atoms with E-state index >= 15 is 0 Å². The Morgan fingerprint density at radius 1 is 1.39 bits per heavy atom. The van der Waals surface area contributed by atoms with Crippen LogP contribution in [0.2, 0.25) is 0 Å². The Balaban J connectivity index is 1.94. The summed E-state index contributed by atoms with van der Waals surface area (Å²) in [7, 11) is 4.31. The highest BCUT2D eigenvalue weighted by atomic mass is 32.2. The lowest BCUT2D eigenvalue weighted by Gasteiger charge is -2.23. The Hall–Kier alpha value is -1.20. The summed E-state index contributed by atoms with van der Waals surface area (Å²) in [5.74, 6) is 1.71. The first-order chi connectivity index (χ1) is 11.1. The second kappa shape index (κ2) is 9.18. The Bertz CT molecular complexity index is 500. The highest BCUT2D eigenvalue weighted by Gasteiger charge is 2.19. The van der Waals surface area contributed by atoms with Crippen LogP contribution in [-0.4, -0.2) is 62.3 Å². The van der Waals surface area contributed by atoms with Gasteiger partial charge in [0, 0.05) is 38.1 Å². The quantitative estimate of drug-likeness (QED) is 0.492.